The van der Waals surface area contributed by atoms with Gasteiger partial charge in [-0.25, -0.2) is 0 Å². The minimum Gasteiger partial charge on any atom is -0.272 e. The van der Waals surface area contributed by atoms with E-state index in [0.717, 1.165) is 25.1 Å². The highest BCUT2D eigenvalue weighted by Crippen LogP contribution is 2.30. The van der Waals surface area contributed by atoms with E-state index in [2.05, 4.69) is 66.7 Å². The van der Waals surface area contributed by atoms with Gasteiger partial charge in [0.15, 0.2) is 0 Å². The second kappa shape index (κ2) is 6.29. The molecule has 0 radical (unpaired) electrons. The molecule has 0 aliphatic heterocycles. The molecule has 0 spiro atoms. The first-order chi connectivity index (χ1) is 9.23. The van der Waals surface area contributed by atoms with E-state index >= 15 is 0 Å². The third kappa shape index (κ3) is 3.21. The average Bonchev–Trinajstić information content (AvgIpc) is 2.94. The number of aromatic nitrogens is 2. The summed E-state index contributed by atoms with van der Waals surface area (Å²) in [4.78, 5) is 0. The Morgan fingerprint density at radius 2 is 1.79 bits per heavy atom. The Morgan fingerprint density at radius 3 is 2.37 bits per heavy atom. The van der Waals surface area contributed by atoms with Crippen molar-refractivity contribution < 1.29 is 0 Å². The average molecular weight is 274 g/mol. The van der Waals surface area contributed by atoms with Gasteiger partial charge in [0.25, 0.3) is 0 Å². The molecule has 3 heteroatoms. The lowest BCUT2D eigenvalue weighted by Gasteiger charge is -2.29. The molecule has 0 N–H and O–H groups in total. The van der Waals surface area contributed by atoms with E-state index in [0.29, 0.717) is 0 Å². The highest BCUT2D eigenvalue weighted by Gasteiger charge is 2.25. The Balaban J connectivity index is 2.18. The van der Waals surface area contributed by atoms with E-state index in [4.69, 9.17) is 0 Å². The van der Waals surface area contributed by atoms with Crippen LogP contribution in [0.1, 0.15) is 26.7 Å². The molecule has 0 saturated heterocycles. The second-order valence-electron chi connectivity index (χ2n) is 5.16. The highest BCUT2D eigenvalue weighted by molar-refractivity contribution is 7.80. The first kappa shape index (κ1) is 14.2. The van der Waals surface area contributed by atoms with Crippen LogP contribution in [0.25, 0.3) is 11.1 Å². The molecule has 0 aliphatic carbocycles. The molecular formula is C16H22N2S. The maximum Gasteiger partial charge on any atom is 0.0568 e. The van der Waals surface area contributed by atoms with Crippen molar-refractivity contribution in [1.82, 2.24) is 9.78 Å². The molecular weight excluding hydrogens is 252 g/mol. The molecule has 1 heterocycles. The maximum absolute atomic E-state index is 4.53. The molecule has 2 nitrogen and oxygen atoms in total. The zero-order valence-corrected chi connectivity index (χ0v) is 12.6. The fourth-order valence-electron chi connectivity index (χ4n) is 2.32. The summed E-state index contributed by atoms with van der Waals surface area (Å²) in [6, 6.07) is 10.4. The van der Waals surface area contributed by atoms with Crippen molar-refractivity contribution in [2.45, 2.75) is 33.2 Å². The summed E-state index contributed by atoms with van der Waals surface area (Å²) in [7, 11) is 0. The molecule has 2 aromatic rings. The van der Waals surface area contributed by atoms with Gasteiger partial charge in [-0.05, 0) is 29.6 Å². The zero-order chi connectivity index (χ0) is 13.7. The van der Waals surface area contributed by atoms with Crippen LogP contribution in [0.15, 0.2) is 42.7 Å². The van der Waals surface area contributed by atoms with Crippen molar-refractivity contribution in [2.24, 2.45) is 5.41 Å². The summed E-state index contributed by atoms with van der Waals surface area (Å²) in [5.41, 5.74) is 2.66. The molecule has 0 unspecified atom stereocenters. The standard InChI is InChI=1S/C16H22N2S/c1-3-16(4-2,13-19)12-18-11-15(10-17-18)14-8-6-5-7-9-14/h5-11,19H,3-4,12-13H2,1-2H3. The Morgan fingerprint density at radius 1 is 1.11 bits per heavy atom. The van der Waals surface area contributed by atoms with Crippen LogP contribution in [-0.2, 0) is 6.54 Å². The van der Waals surface area contributed by atoms with Gasteiger partial charge < -0.3 is 0 Å². The van der Waals surface area contributed by atoms with Gasteiger partial charge in [0.05, 0.1) is 6.20 Å². The van der Waals surface area contributed by atoms with Crippen LogP contribution in [0.2, 0.25) is 0 Å². The van der Waals surface area contributed by atoms with Crippen molar-refractivity contribution in [2.75, 3.05) is 5.75 Å². The molecule has 2 rings (SSSR count). The Kier molecular flexibility index (Phi) is 4.70. The van der Waals surface area contributed by atoms with Crippen LogP contribution < -0.4 is 0 Å². The van der Waals surface area contributed by atoms with E-state index in [-0.39, 0.29) is 5.41 Å². The summed E-state index contributed by atoms with van der Waals surface area (Å²) in [5, 5.41) is 4.50. The largest absolute Gasteiger partial charge is 0.272 e. The monoisotopic (exact) mass is 274 g/mol. The molecule has 1 aromatic heterocycles. The van der Waals surface area contributed by atoms with Gasteiger partial charge in [-0.1, -0.05) is 44.2 Å². The van der Waals surface area contributed by atoms with Crippen LogP contribution in [0.4, 0.5) is 0 Å². The third-order valence-corrected chi connectivity index (χ3v) is 4.74. The molecule has 0 bridgehead atoms. The molecule has 0 amide bonds. The van der Waals surface area contributed by atoms with Crippen LogP contribution in [0.5, 0.6) is 0 Å². The Hall–Kier alpha value is -1.22. The van der Waals surface area contributed by atoms with Crippen molar-refractivity contribution in [1.29, 1.82) is 0 Å². The first-order valence-corrected chi connectivity index (χ1v) is 7.55. The lowest BCUT2D eigenvalue weighted by molar-refractivity contribution is 0.246. The van der Waals surface area contributed by atoms with Crippen molar-refractivity contribution >= 4 is 12.6 Å². The predicted molar refractivity (Wildman–Crippen MR) is 84.5 cm³/mol. The van der Waals surface area contributed by atoms with Gasteiger partial charge in [-0.15, -0.1) is 0 Å². The van der Waals surface area contributed by atoms with E-state index < -0.39 is 0 Å². The van der Waals surface area contributed by atoms with Crippen LogP contribution in [0, 0.1) is 5.41 Å². The number of nitrogens with zero attached hydrogens (tertiary/aromatic N) is 2. The summed E-state index contributed by atoms with van der Waals surface area (Å²) < 4.78 is 2.06. The SMILES string of the molecule is CCC(CC)(CS)Cn1cc(-c2ccccc2)cn1. The van der Waals surface area contributed by atoms with Gasteiger partial charge in [0.2, 0.25) is 0 Å². The van der Waals surface area contributed by atoms with Crippen LogP contribution >= 0.6 is 12.6 Å². The molecule has 19 heavy (non-hydrogen) atoms. The van der Waals surface area contributed by atoms with Gasteiger partial charge >= 0.3 is 0 Å². The van der Waals surface area contributed by atoms with Crippen LogP contribution in [-0.4, -0.2) is 15.5 Å². The number of hydrogen-bond donors (Lipinski definition) is 1. The van der Waals surface area contributed by atoms with E-state index in [1.807, 2.05) is 12.3 Å². The molecule has 0 atom stereocenters. The van der Waals surface area contributed by atoms with Gasteiger partial charge in [-0.3, -0.25) is 4.68 Å². The summed E-state index contributed by atoms with van der Waals surface area (Å²) >= 11 is 4.53. The fourth-order valence-corrected chi connectivity index (χ4v) is 2.87. The topological polar surface area (TPSA) is 17.8 Å². The fraction of sp³-hybridized carbons (Fsp3) is 0.438. The lowest BCUT2D eigenvalue weighted by atomic mass is 9.84. The van der Waals surface area contributed by atoms with Gasteiger partial charge in [-0.2, -0.15) is 17.7 Å². The van der Waals surface area contributed by atoms with Crippen LogP contribution in [0.3, 0.4) is 0 Å². The molecule has 1 aromatic carbocycles. The summed E-state index contributed by atoms with van der Waals surface area (Å²) in [6.45, 7) is 5.42. The quantitative estimate of drug-likeness (QED) is 0.778. The van der Waals surface area contributed by atoms with E-state index in [1.54, 1.807) is 0 Å². The smallest absolute Gasteiger partial charge is 0.0568 e. The van der Waals surface area contributed by atoms with Gasteiger partial charge in [0, 0.05) is 18.3 Å². The highest BCUT2D eigenvalue weighted by atomic mass is 32.1. The summed E-state index contributed by atoms with van der Waals surface area (Å²) in [5.74, 6) is 0.903. The number of thiol groups is 1. The van der Waals surface area contributed by atoms with E-state index in [9.17, 15) is 0 Å². The lowest BCUT2D eigenvalue weighted by Crippen LogP contribution is -2.27. The number of rotatable bonds is 6. The third-order valence-electron chi connectivity index (χ3n) is 4.07. The molecule has 0 saturated carbocycles. The number of hydrogen-bond acceptors (Lipinski definition) is 2. The van der Waals surface area contributed by atoms with Crippen molar-refractivity contribution in [3.8, 4) is 11.1 Å². The first-order valence-electron chi connectivity index (χ1n) is 6.92. The van der Waals surface area contributed by atoms with Crippen molar-refractivity contribution in [3.05, 3.63) is 42.7 Å². The van der Waals surface area contributed by atoms with Crippen molar-refractivity contribution in [3.63, 3.8) is 0 Å². The zero-order valence-electron chi connectivity index (χ0n) is 11.7. The molecule has 0 fully saturated rings. The Bertz CT molecular complexity index is 492. The van der Waals surface area contributed by atoms with E-state index in [1.165, 1.54) is 11.1 Å². The minimum atomic E-state index is 0.253. The predicted octanol–water partition coefficient (Wildman–Crippen LogP) is 4.29. The van der Waals surface area contributed by atoms with Gasteiger partial charge in [0.1, 0.15) is 0 Å². The normalized spacial score (nSPS) is 11.7. The second-order valence-corrected chi connectivity index (χ2v) is 5.47. The molecule has 102 valence electrons. The molecule has 0 aliphatic rings. The summed E-state index contributed by atoms with van der Waals surface area (Å²) in [6.07, 6.45) is 6.35. The Labute approximate surface area is 121 Å². The minimum absolute atomic E-state index is 0.253. The maximum atomic E-state index is 4.53. The number of benzene rings is 1.